The van der Waals surface area contributed by atoms with Gasteiger partial charge in [-0.1, -0.05) is 12.1 Å². The van der Waals surface area contributed by atoms with Gasteiger partial charge in [-0.25, -0.2) is 8.78 Å². The number of benzene rings is 1. The molecule has 1 heterocycles. The molecule has 20 heavy (non-hydrogen) atoms. The van der Waals surface area contributed by atoms with Gasteiger partial charge in [0.25, 0.3) is 0 Å². The zero-order chi connectivity index (χ0) is 13.8. The predicted octanol–water partition coefficient (Wildman–Crippen LogP) is 2.02. The minimum Gasteiger partial charge on any atom is -0.396 e. The Morgan fingerprint density at radius 2 is 1.90 bits per heavy atom. The molecule has 0 aliphatic carbocycles. The van der Waals surface area contributed by atoms with Crippen LogP contribution in [-0.4, -0.2) is 42.8 Å². The molecule has 6 heteroatoms. The van der Waals surface area contributed by atoms with Crippen molar-refractivity contribution in [3.63, 3.8) is 0 Å². The van der Waals surface area contributed by atoms with E-state index in [9.17, 15) is 13.9 Å². The molecular weight excluding hydrogens is 286 g/mol. The van der Waals surface area contributed by atoms with Gasteiger partial charge in [0, 0.05) is 44.4 Å². The molecule has 1 aromatic carbocycles. The lowest BCUT2D eigenvalue weighted by atomic mass is 9.99. The Morgan fingerprint density at radius 1 is 1.25 bits per heavy atom. The first-order valence-electron chi connectivity index (χ1n) is 6.65. The highest BCUT2D eigenvalue weighted by Gasteiger charge is 2.25. The van der Waals surface area contributed by atoms with Crippen LogP contribution in [0.4, 0.5) is 8.78 Å². The average Bonchev–Trinajstić information content (AvgIpc) is 2.44. The fourth-order valence-corrected chi connectivity index (χ4v) is 2.57. The van der Waals surface area contributed by atoms with E-state index in [0.29, 0.717) is 17.5 Å². The maximum atomic E-state index is 14.1. The topological polar surface area (TPSA) is 35.5 Å². The monoisotopic (exact) mass is 306 g/mol. The van der Waals surface area contributed by atoms with Crippen molar-refractivity contribution in [1.82, 2.24) is 10.2 Å². The smallest absolute Gasteiger partial charge is 0.163 e. The lowest BCUT2D eigenvalue weighted by molar-refractivity contribution is 0.138. The quantitative estimate of drug-likeness (QED) is 0.893. The number of halogens is 3. The Kier molecular flexibility index (Phi) is 6.82. The van der Waals surface area contributed by atoms with E-state index in [4.69, 9.17) is 0 Å². The summed E-state index contributed by atoms with van der Waals surface area (Å²) in [5.41, 5.74) is 0.656. The molecule has 114 valence electrons. The number of aliphatic hydroxyl groups is 1. The maximum Gasteiger partial charge on any atom is 0.163 e. The highest BCUT2D eigenvalue weighted by Crippen LogP contribution is 2.29. The van der Waals surface area contributed by atoms with Crippen molar-refractivity contribution in [2.24, 2.45) is 0 Å². The summed E-state index contributed by atoms with van der Waals surface area (Å²) in [6.45, 7) is 4.73. The molecule has 1 fully saturated rings. The van der Waals surface area contributed by atoms with Gasteiger partial charge in [0.1, 0.15) is 0 Å². The number of nitrogens with zero attached hydrogens (tertiary/aromatic N) is 1. The van der Waals surface area contributed by atoms with E-state index in [1.807, 2.05) is 0 Å². The van der Waals surface area contributed by atoms with Crippen LogP contribution in [0.5, 0.6) is 0 Å². The fourth-order valence-electron chi connectivity index (χ4n) is 2.57. The lowest BCUT2D eigenvalue weighted by Gasteiger charge is -2.35. The molecule has 1 aliphatic heterocycles. The fraction of sp³-hybridized carbons (Fsp3) is 0.571. The number of aryl methyl sites for hydroxylation is 1. The van der Waals surface area contributed by atoms with Crippen LogP contribution < -0.4 is 5.32 Å². The van der Waals surface area contributed by atoms with E-state index >= 15 is 0 Å². The summed E-state index contributed by atoms with van der Waals surface area (Å²) in [6.07, 6.45) is 0.416. The van der Waals surface area contributed by atoms with Crippen LogP contribution in [0.2, 0.25) is 0 Å². The number of aliphatic hydroxyl groups excluding tert-OH is 1. The summed E-state index contributed by atoms with van der Waals surface area (Å²) in [6, 6.07) is 2.97. The van der Waals surface area contributed by atoms with Gasteiger partial charge in [-0.3, -0.25) is 4.90 Å². The Labute approximate surface area is 124 Å². The van der Waals surface area contributed by atoms with Crippen LogP contribution in [0.25, 0.3) is 0 Å². The first-order valence-corrected chi connectivity index (χ1v) is 6.65. The molecule has 0 saturated carbocycles. The summed E-state index contributed by atoms with van der Waals surface area (Å²) >= 11 is 0. The van der Waals surface area contributed by atoms with Crippen LogP contribution in [-0.2, 0) is 0 Å². The Hall–Kier alpha value is -0.750. The summed E-state index contributed by atoms with van der Waals surface area (Å²) in [5.74, 6) is -1.56. The summed E-state index contributed by atoms with van der Waals surface area (Å²) in [4.78, 5) is 2.10. The van der Waals surface area contributed by atoms with Crippen LogP contribution in [0.15, 0.2) is 12.1 Å². The lowest BCUT2D eigenvalue weighted by Crippen LogP contribution is -2.45. The molecule has 0 amide bonds. The Bertz CT molecular complexity index is 439. The Balaban J connectivity index is 0.00000200. The first kappa shape index (κ1) is 17.3. The van der Waals surface area contributed by atoms with Crippen LogP contribution >= 0.6 is 12.4 Å². The van der Waals surface area contributed by atoms with E-state index in [0.717, 1.165) is 26.2 Å². The molecule has 0 spiro atoms. The number of hydrogen-bond donors (Lipinski definition) is 2. The summed E-state index contributed by atoms with van der Waals surface area (Å²) in [7, 11) is 0. The second-order valence-corrected chi connectivity index (χ2v) is 4.91. The van der Waals surface area contributed by atoms with Crippen LogP contribution in [0.1, 0.15) is 23.6 Å². The molecule has 3 nitrogen and oxygen atoms in total. The van der Waals surface area contributed by atoms with Crippen LogP contribution in [0, 0.1) is 18.6 Å². The van der Waals surface area contributed by atoms with Gasteiger partial charge >= 0.3 is 0 Å². The highest BCUT2D eigenvalue weighted by atomic mass is 35.5. The molecule has 0 aromatic heterocycles. The summed E-state index contributed by atoms with van der Waals surface area (Å²) < 4.78 is 27.8. The molecule has 2 N–H and O–H groups in total. The van der Waals surface area contributed by atoms with Gasteiger partial charge < -0.3 is 10.4 Å². The van der Waals surface area contributed by atoms with Crippen molar-refractivity contribution in [3.05, 3.63) is 34.9 Å². The van der Waals surface area contributed by atoms with Crippen molar-refractivity contribution >= 4 is 12.4 Å². The molecule has 1 aliphatic rings. The highest BCUT2D eigenvalue weighted by molar-refractivity contribution is 5.85. The molecule has 2 rings (SSSR count). The van der Waals surface area contributed by atoms with Crippen molar-refractivity contribution < 1.29 is 13.9 Å². The molecule has 1 saturated heterocycles. The third-order valence-electron chi connectivity index (χ3n) is 3.66. The van der Waals surface area contributed by atoms with Gasteiger partial charge in [0.05, 0.1) is 0 Å². The maximum absolute atomic E-state index is 14.1. The van der Waals surface area contributed by atoms with E-state index in [1.165, 1.54) is 0 Å². The zero-order valence-corrected chi connectivity index (χ0v) is 12.3. The number of rotatable bonds is 4. The SMILES string of the molecule is Cc1ccc([C@H](CCO)N2CCNCC2)c(F)c1F.Cl. The third-order valence-corrected chi connectivity index (χ3v) is 3.66. The standard InChI is InChI=1S/C14H20F2N2O.ClH/c1-10-2-3-11(14(16)13(10)15)12(4-9-19)18-7-5-17-6-8-18;/h2-3,12,17,19H,4-9H2,1H3;1H/t12-;/m0./s1. The molecule has 1 aromatic rings. The van der Waals surface area contributed by atoms with Crippen molar-refractivity contribution in [3.8, 4) is 0 Å². The average molecular weight is 307 g/mol. The molecule has 0 unspecified atom stereocenters. The predicted molar refractivity (Wildman–Crippen MR) is 77.2 cm³/mol. The van der Waals surface area contributed by atoms with Crippen molar-refractivity contribution in [2.45, 2.75) is 19.4 Å². The van der Waals surface area contributed by atoms with Crippen molar-refractivity contribution in [1.29, 1.82) is 0 Å². The normalized spacial score (nSPS) is 17.6. The van der Waals surface area contributed by atoms with Crippen LogP contribution in [0.3, 0.4) is 0 Å². The van der Waals surface area contributed by atoms with E-state index in [2.05, 4.69) is 10.2 Å². The largest absolute Gasteiger partial charge is 0.396 e. The van der Waals surface area contributed by atoms with Gasteiger partial charge in [-0.15, -0.1) is 12.4 Å². The number of hydrogen-bond acceptors (Lipinski definition) is 3. The Morgan fingerprint density at radius 3 is 2.50 bits per heavy atom. The van der Waals surface area contributed by atoms with E-state index in [1.54, 1.807) is 19.1 Å². The zero-order valence-electron chi connectivity index (χ0n) is 11.5. The molecule has 0 bridgehead atoms. The minimum absolute atomic E-state index is 0. The number of piperazine rings is 1. The second kappa shape index (κ2) is 7.88. The van der Waals surface area contributed by atoms with Gasteiger partial charge in [-0.2, -0.15) is 0 Å². The minimum atomic E-state index is -0.782. The van der Waals surface area contributed by atoms with Gasteiger partial charge in [0.2, 0.25) is 0 Å². The van der Waals surface area contributed by atoms with E-state index < -0.39 is 11.6 Å². The van der Waals surface area contributed by atoms with Gasteiger partial charge in [0.15, 0.2) is 11.6 Å². The summed E-state index contributed by atoms with van der Waals surface area (Å²) in [5, 5.41) is 12.4. The molecular formula is C14H21ClF2N2O. The second-order valence-electron chi connectivity index (χ2n) is 4.91. The number of nitrogens with one attached hydrogen (secondary N) is 1. The molecule has 0 radical (unpaired) electrons. The first-order chi connectivity index (χ1) is 9.15. The third kappa shape index (κ3) is 3.67. The van der Waals surface area contributed by atoms with Gasteiger partial charge in [-0.05, 0) is 18.9 Å². The molecule has 1 atom stereocenters. The van der Waals surface area contributed by atoms with Crippen molar-refractivity contribution in [2.75, 3.05) is 32.8 Å². The van der Waals surface area contributed by atoms with E-state index in [-0.39, 0.29) is 25.1 Å².